The third-order valence-electron chi connectivity index (χ3n) is 3.72. The van der Waals surface area contributed by atoms with E-state index in [9.17, 15) is 0 Å². The number of nitrogens with one attached hydrogen (secondary N) is 1. The van der Waals surface area contributed by atoms with Gasteiger partial charge in [0.2, 0.25) is 0 Å². The second-order valence-electron chi connectivity index (χ2n) is 5.35. The highest BCUT2D eigenvalue weighted by Crippen LogP contribution is 2.38. The van der Waals surface area contributed by atoms with Gasteiger partial charge < -0.3 is 10.1 Å². The predicted molar refractivity (Wildman–Crippen MR) is 108 cm³/mol. The van der Waals surface area contributed by atoms with Gasteiger partial charge in [-0.1, -0.05) is 34.8 Å². The molecule has 0 spiro atoms. The molecule has 0 atom stereocenters. The van der Waals surface area contributed by atoms with Gasteiger partial charge >= 0.3 is 0 Å². The Morgan fingerprint density at radius 1 is 1.15 bits per heavy atom. The minimum Gasteiger partial charge on any atom is -0.497 e. The number of hydrogen-bond donors (Lipinski definition) is 1. The molecule has 1 aromatic carbocycles. The minimum atomic E-state index is 0.452. The molecule has 5 nitrogen and oxygen atoms in total. The van der Waals surface area contributed by atoms with Crippen LogP contribution in [-0.4, -0.2) is 21.5 Å². The van der Waals surface area contributed by atoms with E-state index in [0.29, 0.717) is 31.6 Å². The lowest BCUT2D eigenvalue weighted by Gasteiger charge is -2.09. The molecular formula is C17H11Cl3N4OS. The molecule has 3 aromatic heterocycles. The van der Waals surface area contributed by atoms with Crippen LogP contribution in [0.5, 0.6) is 5.75 Å². The van der Waals surface area contributed by atoms with Crippen LogP contribution in [0.25, 0.3) is 17.0 Å². The fourth-order valence-corrected chi connectivity index (χ4v) is 3.92. The van der Waals surface area contributed by atoms with Crippen molar-refractivity contribution in [1.82, 2.24) is 14.4 Å². The number of thiazole rings is 1. The number of aromatic nitrogens is 3. The maximum atomic E-state index is 6.29. The van der Waals surface area contributed by atoms with E-state index >= 15 is 0 Å². The lowest BCUT2D eigenvalue weighted by atomic mass is 10.3. The van der Waals surface area contributed by atoms with Gasteiger partial charge in [-0.3, -0.25) is 4.40 Å². The van der Waals surface area contributed by atoms with Crippen LogP contribution in [0.4, 0.5) is 10.8 Å². The van der Waals surface area contributed by atoms with E-state index in [1.807, 2.05) is 22.0 Å². The Balaban J connectivity index is 1.67. The number of methoxy groups -OCH3 is 1. The average molecular weight is 426 g/mol. The number of imidazole rings is 1. The summed E-state index contributed by atoms with van der Waals surface area (Å²) in [4.78, 5) is 8.98. The Morgan fingerprint density at radius 2 is 1.92 bits per heavy atom. The molecular weight excluding hydrogens is 415 g/mol. The van der Waals surface area contributed by atoms with Crippen LogP contribution < -0.4 is 10.1 Å². The standard InChI is InChI=1S/C17H11Cl3N4OS/c1-25-10-4-11(19)16(12(20)5-10)23-17-22-13(8-26-17)14-6-21-15-3-2-9(18)7-24(14)15/h2-8H,1H3,(H,22,23). The van der Waals surface area contributed by atoms with Gasteiger partial charge in [0, 0.05) is 23.7 Å². The SMILES string of the molecule is COc1cc(Cl)c(Nc2nc(-c3cnc4ccc(Cl)cn34)cs2)c(Cl)c1. The van der Waals surface area contributed by atoms with E-state index < -0.39 is 0 Å². The molecule has 9 heteroatoms. The summed E-state index contributed by atoms with van der Waals surface area (Å²) in [5.74, 6) is 0.591. The molecule has 0 bridgehead atoms. The van der Waals surface area contributed by atoms with Crippen molar-refractivity contribution in [2.75, 3.05) is 12.4 Å². The van der Waals surface area contributed by atoms with Gasteiger partial charge in [0.15, 0.2) is 5.13 Å². The fourth-order valence-electron chi connectivity index (χ4n) is 2.49. The third-order valence-corrected chi connectivity index (χ3v) is 5.30. The largest absolute Gasteiger partial charge is 0.497 e. The van der Waals surface area contributed by atoms with Gasteiger partial charge in [-0.05, 0) is 12.1 Å². The predicted octanol–water partition coefficient (Wildman–Crippen LogP) is 6.17. The number of ether oxygens (including phenoxy) is 1. The molecule has 0 aliphatic rings. The zero-order valence-corrected chi connectivity index (χ0v) is 16.4. The van der Waals surface area contributed by atoms with E-state index in [-0.39, 0.29) is 0 Å². The van der Waals surface area contributed by atoms with Crippen molar-refractivity contribution >= 4 is 62.6 Å². The Labute approximate surface area is 168 Å². The molecule has 0 radical (unpaired) electrons. The monoisotopic (exact) mass is 424 g/mol. The minimum absolute atomic E-state index is 0.452. The number of anilines is 2. The van der Waals surface area contributed by atoms with Crippen LogP contribution >= 0.6 is 46.1 Å². The van der Waals surface area contributed by atoms with Crippen molar-refractivity contribution in [2.45, 2.75) is 0 Å². The van der Waals surface area contributed by atoms with Gasteiger partial charge in [-0.25, -0.2) is 9.97 Å². The summed E-state index contributed by atoms with van der Waals surface area (Å²) in [6.07, 6.45) is 3.57. The smallest absolute Gasteiger partial charge is 0.187 e. The van der Waals surface area contributed by atoms with Crippen molar-refractivity contribution in [3.63, 3.8) is 0 Å². The summed E-state index contributed by atoms with van der Waals surface area (Å²) in [5.41, 5.74) is 3.00. The van der Waals surface area contributed by atoms with Crippen molar-refractivity contribution in [2.24, 2.45) is 0 Å². The molecule has 0 saturated heterocycles. The molecule has 3 heterocycles. The Hall–Kier alpha value is -1.99. The van der Waals surface area contributed by atoms with Gasteiger partial charge in [-0.15, -0.1) is 11.3 Å². The first-order chi connectivity index (χ1) is 12.5. The summed E-state index contributed by atoms with van der Waals surface area (Å²) in [6, 6.07) is 7.04. The third kappa shape index (κ3) is 3.21. The van der Waals surface area contributed by atoms with Gasteiger partial charge in [-0.2, -0.15) is 0 Å². The maximum Gasteiger partial charge on any atom is 0.187 e. The van der Waals surface area contributed by atoms with E-state index in [1.165, 1.54) is 11.3 Å². The summed E-state index contributed by atoms with van der Waals surface area (Å²) in [6.45, 7) is 0. The van der Waals surface area contributed by atoms with Crippen LogP contribution in [0.15, 0.2) is 42.0 Å². The summed E-state index contributed by atoms with van der Waals surface area (Å²) < 4.78 is 7.05. The number of benzene rings is 1. The Kier molecular flexibility index (Phi) is 4.67. The second-order valence-corrected chi connectivity index (χ2v) is 7.46. The quantitative estimate of drug-likeness (QED) is 0.425. The molecule has 0 unspecified atom stereocenters. The summed E-state index contributed by atoms with van der Waals surface area (Å²) >= 11 is 20.1. The van der Waals surface area contributed by atoms with Crippen molar-refractivity contribution < 1.29 is 4.74 Å². The van der Waals surface area contributed by atoms with Crippen LogP contribution in [0.2, 0.25) is 15.1 Å². The molecule has 1 N–H and O–H groups in total. The van der Waals surface area contributed by atoms with Gasteiger partial charge in [0.25, 0.3) is 0 Å². The lowest BCUT2D eigenvalue weighted by molar-refractivity contribution is 0.415. The topological polar surface area (TPSA) is 51.5 Å². The van der Waals surface area contributed by atoms with E-state index in [1.54, 1.807) is 31.5 Å². The normalized spacial score (nSPS) is 11.1. The molecule has 0 amide bonds. The number of pyridine rings is 1. The number of fused-ring (bicyclic) bond motifs is 1. The van der Waals surface area contributed by atoms with Gasteiger partial charge in [0.1, 0.15) is 17.1 Å². The molecule has 132 valence electrons. The zero-order valence-electron chi connectivity index (χ0n) is 13.3. The Bertz CT molecular complexity index is 1090. The Morgan fingerprint density at radius 3 is 2.65 bits per heavy atom. The molecule has 26 heavy (non-hydrogen) atoms. The maximum absolute atomic E-state index is 6.29. The first kappa shape index (κ1) is 17.4. The first-order valence-electron chi connectivity index (χ1n) is 7.43. The summed E-state index contributed by atoms with van der Waals surface area (Å²) in [7, 11) is 1.56. The van der Waals surface area contributed by atoms with E-state index in [2.05, 4.69) is 15.3 Å². The van der Waals surface area contributed by atoms with Crippen molar-refractivity contribution in [3.05, 3.63) is 57.1 Å². The molecule has 0 aliphatic heterocycles. The molecule has 0 aliphatic carbocycles. The van der Waals surface area contributed by atoms with Crippen LogP contribution in [-0.2, 0) is 0 Å². The van der Waals surface area contributed by atoms with Crippen molar-refractivity contribution in [1.29, 1.82) is 0 Å². The van der Waals surface area contributed by atoms with Crippen LogP contribution in [0.3, 0.4) is 0 Å². The lowest BCUT2D eigenvalue weighted by Crippen LogP contribution is -1.94. The molecule has 4 aromatic rings. The highest BCUT2D eigenvalue weighted by Gasteiger charge is 2.14. The second kappa shape index (κ2) is 6.96. The van der Waals surface area contributed by atoms with Crippen molar-refractivity contribution in [3.8, 4) is 17.1 Å². The van der Waals surface area contributed by atoms with Crippen LogP contribution in [0.1, 0.15) is 0 Å². The highest BCUT2D eigenvalue weighted by atomic mass is 35.5. The number of halogens is 3. The number of hydrogen-bond acceptors (Lipinski definition) is 5. The van der Waals surface area contributed by atoms with E-state index in [0.717, 1.165) is 17.0 Å². The zero-order chi connectivity index (χ0) is 18.3. The number of rotatable bonds is 4. The molecule has 0 fully saturated rings. The van der Waals surface area contributed by atoms with Gasteiger partial charge in [0.05, 0.1) is 39.8 Å². The summed E-state index contributed by atoms with van der Waals surface area (Å²) in [5, 5.41) is 7.28. The number of nitrogens with zero attached hydrogens (tertiary/aromatic N) is 3. The highest BCUT2D eigenvalue weighted by molar-refractivity contribution is 7.14. The average Bonchev–Trinajstić information content (AvgIpc) is 3.24. The van der Waals surface area contributed by atoms with E-state index in [4.69, 9.17) is 39.5 Å². The molecule has 0 saturated carbocycles. The molecule has 4 rings (SSSR count). The van der Waals surface area contributed by atoms with Crippen LogP contribution in [0, 0.1) is 0 Å². The first-order valence-corrected chi connectivity index (χ1v) is 9.45. The fraction of sp³-hybridized carbons (Fsp3) is 0.0588.